The summed E-state index contributed by atoms with van der Waals surface area (Å²) >= 11 is 0. The first-order valence-electron chi connectivity index (χ1n) is 10.1. The zero-order valence-electron chi connectivity index (χ0n) is 17.9. The Morgan fingerprint density at radius 2 is 1.59 bits per heavy atom. The molecule has 0 saturated carbocycles. The first kappa shape index (κ1) is 23.0. The maximum atomic E-state index is 12.9. The first-order valence-corrected chi connectivity index (χ1v) is 11.6. The average molecular weight is 452 g/mol. The van der Waals surface area contributed by atoms with E-state index in [-0.39, 0.29) is 29.7 Å². The van der Waals surface area contributed by atoms with E-state index in [2.05, 4.69) is 15.4 Å². The lowest BCUT2D eigenvalue weighted by atomic mass is 10.2. The van der Waals surface area contributed by atoms with E-state index in [1.807, 2.05) is 19.1 Å². The summed E-state index contributed by atoms with van der Waals surface area (Å²) in [5, 5.41) is 5.37. The Morgan fingerprint density at radius 1 is 0.844 bits per heavy atom. The number of benzene rings is 3. The van der Waals surface area contributed by atoms with Crippen LogP contribution in [0.2, 0.25) is 0 Å². The third-order valence-corrected chi connectivity index (χ3v) is 6.23. The van der Waals surface area contributed by atoms with E-state index in [1.54, 1.807) is 61.5 Å². The highest BCUT2D eigenvalue weighted by Gasteiger charge is 2.18. The first-order chi connectivity index (χ1) is 15.2. The number of hydrogen-bond donors (Lipinski definition) is 3. The maximum absolute atomic E-state index is 12.9. The van der Waals surface area contributed by atoms with Crippen molar-refractivity contribution in [1.29, 1.82) is 0 Å². The Hall–Kier alpha value is -3.65. The largest absolute Gasteiger partial charge is 0.352 e. The van der Waals surface area contributed by atoms with Crippen molar-refractivity contribution in [3.63, 3.8) is 0 Å². The van der Waals surface area contributed by atoms with Crippen molar-refractivity contribution in [2.75, 3.05) is 16.6 Å². The van der Waals surface area contributed by atoms with Crippen LogP contribution < -0.4 is 15.4 Å². The van der Waals surface area contributed by atoms with E-state index < -0.39 is 10.0 Å². The van der Waals surface area contributed by atoms with E-state index in [9.17, 15) is 18.0 Å². The molecule has 0 heterocycles. The maximum Gasteiger partial charge on any atom is 0.262 e. The van der Waals surface area contributed by atoms with Crippen LogP contribution in [0, 0.1) is 13.8 Å². The molecule has 3 aromatic carbocycles. The monoisotopic (exact) mass is 451 g/mol. The lowest BCUT2D eigenvalue weighted by molar-refractivity contribution is -0.116. The zero-order chi connectivity index (χ0) is 23.1. The molecule has 0 atom stereocenters. The normalized spacial score (nSPS) is 10.9. The van der Waals surface area contributed by atoms with Crippen LogP contribution in [0.4, 0.5) is 11.4 Å². The Balaban J connectivity index is 1.62. The fraction of sp³-hybridized carbons (Fsp3) is 0.167. The molecule has 0 aromatic heterocycles. The van der Waals surface area contributed by atoms with Crippen LogP contribution >= 0.6 is 0 Å². The topological polar surface area (TPSA) is 104 Å². The predicted octanol–water partition coefficient (Wildman–Crippen LogP) is 3.86. The van der Waals surface area contributed by atoms with Gasteiger partial charge in [0, 0.05) is 29.9 Å². The Kier molecular flexibility index (Phi) is 7.27. The second-order valence-electron chi connectivity index (χ2n) is 7.38. The fourth-order valence-corrected chi connectivity index (χ4v) is 4.41. The van der Waals surface area contributed by atoms with Gasteiger partial charge in [0.15, 0.2) is 0 Å². The molecule has 0 bridgehead atoms. The number of carbonyl (C=O) groups is 2. The van der Waals surface area contributed by atoms with Crippen LogP contribution in [0.1, 0.15) is 27.9 Å². The summed E-state index contributed by atoms with van der Waals surface area (Å²) in [5.74, 6) is -0.596. The SMILES string of the molecule is Cc1cccc(NS(=O)(=O)c2cc(NC(=O)CCNC(=O)c3ccccc3)ccc2C)c1. The fourth-order valence-electron chi connectivity index (χ4n) is 3.09. The van der Waals surface area contributed by atoms with Gasteiger partial charge in [-0.1, -0.05) is 36.4 Å². The van der Waals surface area contributed by atoms with Gasteiger partial charge < -0.3 is 10.6 Å². The van der Waals surface area contributed by atoms with Crippen LogP contribution in [0.15, 0.2) is 77.7 Å². The molecule has 0 saturated heterocycles. The summed E-state index contributed by atoms with van der Waals surface area (Å²) < 4.78 is 28.3. The van der Waals surface area contributed by atoms with Crippen molar-refractivity contribution >= 4 is 33.2 Å². The minimum absolute atomic E-state index is 0.0517. The lowest BCUT2D eigenvalue weighted by Gasteiger charge is -2.13. The number of rotatable bonds is 8. The van der Waals surface area contributed by atoms with Crippen LogP contribution in [0.3, 0.4) is 0 Å². The molecule has 0 aliphatic heterocycles. The molecular formula is C24H25N3O4S. The highest BCUT2D eigenvalue weighted by atomic mass is 32.2. The van der Waals surface area contributed by atoms with Crippen LogP contribution in [0.25, 0.3) is 0 Å². The molecule has 3 N–H and O–H groups in total. The Morgan fingerprint density at radius 3 is 2.31 bits per heavy atom. The third kappa shape index (κ3) is 6.18. The molecule has 32 heavy (non-hydrogen) atoms. The molecule has 0 aliphatic rings. The van der Waals surface area contributed by atoms with Crippen LogP contribution in [0.5, 0.6) is 0 Å². The summed E-state index contributed by atoms with van der Waals surface area (Å²) in [5.41, 5.74) is 2.83. The number of sulfonamides is 1. The van der Waals surface area contributed by atoms with Crippen molar-refractivity contribution in [2.45, 2.75) is 25.2 Å². The van der Waals surface area contributed by atoms with E-state index >= 15 is 0 Å². The summed E-state index contributed by atoms with van der Waals surface area (Å²) in [6.45, 7) is 3.72. The number of nitrogens with one attached hydrogen (secondary N) is 3. The predicted molar refractivity (Wildman–Crippen MR) is 125 cm³/mol. The minimum atomic E-state index is -3.84. The second-order valence-corrected chi connectivity index (χ2v) is 9.03. The molecule has 2 amide bonds. The molecule has 8 heteroatoms. The van der Waals surface area contributed by atoms with Gasteiger partial charge in [-0.2, -0.15) is 0 Å². The molecule has 3 aromatic rings. The highest BCUT2D eigenvalue weighted by Crippen LogP contribution is 2.23. The zero-order valence-corrected chi connectivity index (χ0v) is 18.7. The molecule has 0 aliphatic carbocycles. The second kappa shape index (κ2) is 10.1. The average Bonchev–Trinajstić information content (AvgIpc) is 2.75. The van der Waals surface area contributed by atoms with E-state index in [4.69, 9.17) is 0 Å². The van der Waals surface area contributed by atoms with Gasteiger partial charge in [0.05, 0.1) is 4.90 Å². The third-order valence-electron chi connectivity index (χ3n) is 4.71. The molecule has 0 unspecified atom stereocenters. The molecule has 166 valence electrons. The highest BCUT2D eigenvalue weighted by molar-refractivity contribution is 7.92. The van der Waals surface area contributed by atoms with E-state index in [0.717, 1.165) is 5.56 Å². The van der Waals surface area contributed by atoms with Gasteiger partial charge in [0.1, 0.15) is 0 Å². The molecular weight excluding hydrogens is 426 g/mol. The van der Waals surface area contributed by atoms with E-state index in [0.29, 0.717) is 22.5 Å². The molecule has 3 rings (SSSR count). The smallest absolute Gasteiger partial charge is 0.262 e. The van der Waals surface area contributed by atoms with Gasteiger partial charge in [-0.3, -0.25) is 14.3 Å². The van der Waals surface area contributed by atoms with Crippen molar-refractivity contribution in [2.24, 2.45) is 0 Å². The van der Waals surface area contributed by atoms with Gasteiger partial charge >= 0.3 is 0 Å². The van der Waals surface area contributed by atoms with Gasteiger partial charge in [-0.15, -0.1) is 0 Å². The molecule has 0 fully saturated rings. The summed E-state index contributed by atoms with van der Waals surface area (Å²) in [4.78, 5) is 24.4. The van der Waals surface area contributed by atoms with Crippen molar-refractivity contribution in [3.05, 3.63) is 89.5 Å². The Labute approximate surface area is 187 Å². The minimum Gasteiger partial charge on any atom is -0.352 e. The van der Waals surface area contributed by atoms with E-state index in [1.165, 1.54) is 6.07 Å². The number of carbonyl (C=O) groups excluding carboxylic acids is 2. The number of amides is 2. The quantitative estimate of drug-likeness (QED) is 0.484. The van der Waals surface area contributed by atoms with Crippen molar-refractivity contribution in [3.8, 4) is 0 Å². The van der Waals surface area contributed by atoms with Gasteiger partial charge in [0.25, 0.3) is 15.9 Å². The van der Waals surface area contributed by atoms with Gasteiger partial charge in [-0.05, 0) is 61.4 Å². The number of anilines is 2. The number of hydrogen-bond acceptors (Lipinski definition) is 4. The summed E-state index contributed by atoms with van der Waals surface area (Å²) in [6, 6.07) is 20.5. The summed E-state index contributed by atoms with van der Waals surface area (Å²) in [7, 11) is -3.84. The molecule has 0 spiro atoms. The van der Waals surface area contributed by atoms with Crippen LogP contribution in [-0.4, -0.2) is 26.8 Å². The van der Waals surface area contributed by atoms with Gasteiger partial charge in [0.2, 0.25) is 5.91 Å². The number of aryl methyl sites for hydroxylation is 2. The molecule has 0 radical (unpaired) electrons. The lowest BCUT2D eigenvalue weighted by Crippen LogP contribution is -2.27. The summed E-state index contributed by atoms with van der Waals surface area (Å²) in [6.07, 6.45) is 0.0517. The van der Waals surface area contributed by atoms with Crippen LogP contribution in [-0.2, 0) is 14.8 Å². The van der Waals surface area contributed by atoms with Gasteiger partial charge in [-0.25, -0.2) is 8.42 Å². The van der Waals surface area contributed by atoms with Crippen molar-refractivity contribution < 1.29 is 18.0 Å². The standard InChI is InChI=1S/C24H25N3O4S/c1-17-7-6-10-21(15-17)27-32(30,31)22-16-20(12-11-18(22)2)26-23(28)13-14-25-24(29)19-8-4-3-5-9-19/h3-12,15-16,27H,13-14H2,1-2H3,(H,25,29)(H,26,28). The molecule has 7 nitrogen and oxygen atoms in total. The Bertz CT molecular complexity index is 1230. The van der Waals surface area contributed by atoms with Crippen molar-refractivity contribution in [1.82, 2.24) is 5.32 Å².